The molecule has 8 nitrogen and oxygen atoms in total. The van der Waals surface area contributed by atoms with Crippen LogP contribution in [0, 0.1) is 28.9 Å². The third-order valence-electron chi connectivity index (χ3n) is 10.1. The Bertz CT molecular complexity index is 1880. The summed E-state index contributed by atoms with van der Waals surface area (Å²) in [5.74, 6) is 5.35. The van der Waals surface area contributed by atoms with Gasteiger partial charge in [0, 0.05) is 42.7 Å². The average molecular weight is 625 g/mol. The summed E-state index contributed by atoms with van der Waals surface area (Å²) in [5, 5.41) is 15.7. The molecule has 238 valence electrons. The molecule has 0 spiro atoms. The van der Waals surface area contributed by atoms with Crippen LogP contribution in [0.5, 0.6) is 11.8 Å². The molecule has 2 aromatic carbocycles. The van der Waals surface area contributed by atoms with Crippen molar-refractivity contribution in [3.63, 3.8) is 0 Å². The summed E-state index contributed by atoms with van der Waals surface area (Å²) < 4.78 is 37.8. The molecule has 4 fully saturated rings. The molecule has 0 radical (unpaired) electrons. The summed E-state index contributed by atoms with van der Waals surface area (Å²) in [7, 11) is 0. The van der Waals surface area contributed by atoms with Gasteiger partial charge in [0.2, 0.25) is 0 Å². The minimum Gasteiger partial charge on any atom is -0.508 e. The van der Waals surface area contributed by atoms with Crippen molar-refractivity contribution in [1.82, 2.24) is 25.2 Å². The lowest BCUT2D eigenvalue weighted by atomic mass is 9.99. The maximum absolute atomic E-state index is 17.0. The fraction of sp³-hybridized carbons (Fsp3) is 0.472. The van der Waals surface area contributed by atoms with Gasteiger partial charge in [0.15, 0.2) is 5.82 Å². The van der Waals surface area contributed by atoms with Gasteiger partial charge in [-0.05, 0) is 99.5 Å². The minimum atomic E-state index is -0.686. The molecule has 3 aliphatic heterocycles. The van der Waals surface area contributed by atoms with Gasteiger partial charge >= 0.3 is 6.01 Å². The number of fused-ring (bicyclic) bond motifs is 4. The lowest BCUT2D eigenvalue weighted by Gasteiger charge is -2.34. The molecular formula is C36H38F2N6O2. The summed E-state index contributed by atoms with van der Waals surface area (Å²) in [6.07, 6.45) is 8.09. The number of phenolic OH excluding ortho intramolecular Hbond substituents is 1. The first-order valence-corrected chi connectivity index (χ1v) is 16.5. The Morgan fingerprint density at radius 3 is 2.54 bits per heavy atom. The summed E-state index contributed by atoms with van der Waals surface area (Å²) in [4.78, 5) is 19.1. The smallest absolute Gasteiger partial charge is 0.319 e. The van der Waals surface area contributed by atoms with E-state index in [9.17, 15) is 9.50 Å². The zero-order valence-corrected chi connectivity index (χ0v) is 26.1. The van der Waals surface area contributed by atoms with Crippen LogP contribution < -0.4 is 15.0 Å². The van der Waals surface area contributed by atoms with Crippen LogP contribution in [0.2, 0.25) is 0 Å². The topological polar surface area (TPSA) is 86.6 Å². The first-order chi connectivity index (χ1) is 22.4. The van der Waals surface area contributed by atoms with Crippen LogP contribution in [0.4, 0.5) is 14.6 Å². The number of halogens is 2. The van der Waals surface area contributed by atoms with E-state index < -0.39 is 11.6 Å². The van der Waals surface area contributed by atoms with Gasteiger partial charge in [0.25, 0.3) is 0 Å². The summed E-state index contributed by atoms with van der Waals surface area (Å²) in [6.45, 7) is 6.86. The van der Waals surface area contributed by atoms with E-state index in [0.717, 1.165) is 58.4 Å². The number of hydrogen-bond acceptors (Lipinski definition) is 8. The Morgan fingerprint density at radius 1 is 1.02 bits per heavy atom. The Morgan fingerprint density at radius 2 is 1.80 bits per heavy atom. The third-order valence-corrected chi connectivity index (χ3v) is 10.1. The number of piperidine rings is 1. The number of likely N-dealkylation sites (tertiary alicyclic amines) is 1. The molecular weight excluding hydrogens is 586 g/mol. The fourth-order valence-electron chi connectivity index (χ4n) is 7.63. The highest BCUT2D eigenvalue weighted by Gasteiger charge is 2.45. The molecule has 3 saturated heterocycles. The highest BCUT2D eigenvalue weighted by molar-refractivity contribution is 6.01. The first kappa shape index (κ1) is 29.3. The summed E-state index contributed by atoms with van der Waals surface area (Å²) in [5.41, 5.74) is 0.654. The van der Waals surface area contributed by atoms with Gasteiger partial charge in [-0.15, -0.1) is 0 Å². The largest absolute Gasteiger partial charge is 0.508 e. The zero-order chi connectivity index (χ0) is 31.4. The number of aromatic nitrogens is 3. The van der Waals surface area contributed by atoms with E-state index in [0.29, 0.717) is 46.4 Å². The van der Waals surface area contributed by atoms with Crippen LogP contribution in [0.1, 0.15) is 57.6 Å². The third kappa shape index (κ3) is 5.50. The van der Waals surface area contributed by atoms with Gasteiger partial charge in [0.05, 0.1) is 12.0 Å². The van der Waals surface area contributed by atoms with Crippen LogP contribution in [0.25, 0.3) is 32.9 Å². The van der Waals surface area contributed by atoms with E-state index in [1.807, 2.05) is 0 Å². The van der Waals surface area contributed by atoms with E-state index in [1.54, 1.807) is 13.0 Å². The highest BCUT2D eigenvalue weighted by Crippen LogP contribution is 2.47. The van der Waals surface area contributed by atoms with Crippen LogP contribution in [0.15, 0.2) is 30.3 Å². The van der Waals surface area contributed by atoms with Gasteiger partial charge in [-0.2, -0.15) is 9.97 Å². The van der Waals surface area contributed by atoms with Crippen LogP contribution in [0.3, 0.4) is 0 Å². The van der Waals surface area contributed by atoms with Crippen molar-refractivity contribution in [1.29, 1.82) is 0 Å². The Labute approximate surface area is 267 Å². The second kappa shape index (κ2) is 11.6. The van der Waals surface area contributed by atoms with Crippen molar-refractivity contribution in [2.24, 2.45) is 5.41 Å². The predicted molar refractivity (Wildman–Crippen MR) is 174 cm³/mol. The Kier molecular flexibility index (Phi) is 7.41. The van der Waals surface area contributed by atoms with Crippen molar-refractivity contribution in [3.8, 4) is 34.9 Å². The van der Waals surface area contributed by atoms with Crippen LogP contribution >= 0.6 is 0 Å². The number of nitrogens with zero attached hydrogens (tertiary/aromatic N) is 5. The number of pyridine rings is 1. The van der Waals surface area contributed by atoms with Crippen LogP contribution in [-0.2, 0) is 0 Å². The van der Waals surface area contributed by atoms with Gasteiger partial charge in [-0.3, -0.25) is 0 Å². The molecule has 2 atom stereocenters. The number of aromatic hydroxyl groups is 1. The van der Waals surface area contributed by atoms with Gasteiger partial charge in [-0.1, -0.05) is 18.4 Å². The number of piperazine rings is 1. The molecule has 0 unspecified atom stereocenters. The van der Waals surface area contributed by atoms with E-state index in [-0.39, 0.29) is 33.9 Å². The van der Waals surface area contributed by atoms with Gasteiger partial charge in [0.1, 0.15) is 34.3 Å². The molecule has 2 aromatic heterocycles. The van der Waals surface area contributed by atoms with Crippen LogP contribution in [-0.4, -0.2) is 76.4 Å². The first-order valence-electron chi connectivity index (χ1n) is 16.5. The van der Waals surface area contributed by atoms with Gasteiger partial charge in [-0.25, -0.2) is 13.8 Å². The number of hydrogen-bond donors (Lipinski definition) is 2. The monoisotopic (exact) mass is 624 g/mol. The Balaban J connectivity index is 1.26. The molecule has 46 heavy (non-hydrogen) atoms. The molecule has 5 heterocycles. The zero-order valence-electron chi connectivity index (χ0n) is 26.1. The molecule has 0 amide bonds. The van der Waals surface area contributed by atoms with Crippen molar-refractivity contribution >= 4 is 27.5 Å². The molecule has 2 N–H and O–H groups in total. The SMILES string of the molecule is CC#Cc1nc(-c2cc(O)cc3ccc(F)cc23)c(F)c2nc(OCC3(CN4CCCCC4)CC3)nc(N3C[C@H]4CC[C@@H](C3)N4)c12. The van der Waals surface area contributed by atoms with Crippen molar-refractivity contribution in [3.05, 3.63) is 47.7 Å². The maximum Gasteiger partial charge on any atom is 0.319 e. The second-order valence-electron chi connectivity index (χ2n) is 13.6. The molecule has 4 aliphatic rings. The molecule has 10 heteroatoms. The lowest BCUT2D eigenvalue weighted by molar-refractivity contribution is 0.139. The number of benzene rings is 2. The van der Waals surface area contributed by atoms with E-state index in [4.69, 9.17) is 19.7 Å². The number of ether oxygens (including phenoxy) is 1. The average Bonchev–Trinajstić information content (AvgIpc) is 3.74. The van der Waals surface area contributed by atoms with Gasteiger partial charge < -0.3 is 25.0 Å². The number of nitrogens with one attached hydrogen (secondary N) is 1. The molecule has 1 saturated carbocycles. The number of anilines is 1. The normalized spacial score (nSPS) is 22.2. The molecule has 8 rings (SSSR count). The molecule has 4 aromatic rings. The highest BCUT2D eigenvalue weighted by atomic mass is 19.1. The fourth-order valence-corrected chi connectivity index (χ4v) is 7.63. The van der Waals surface area contributed by atoms with Crippen molar-refractivity contribution in [2.45, 2.75) is 64.0 Å². The maximum atomic E-state index is 17.0. The van der Waals surface area contributed by atoms with E-state index >= 15 is 4.39 Å². The lowest BCUT2D eigenvalue weighted by Crippen LogP contribution is -2.51. The van der Waals surface area contributed by atoms with Crippen molar-refractivity contribution in [2.75, 3.05) is 44.2 Å². The standard InChI is InChI=1S/C36H38F2N6O2/c1-2-6-29-30-33(31(38)32(40-29)28-17-26(45)15-22-7-8-23(37)16-27(22)28)41-35(42-34(30)44-18-24-9-10-25(19-44)39-24)46-21-36(11-12-36)20-43-13-4-3-5-14-43/h7-8,15-17,24-25,39,45H,3-5,9-14,18-21H2,1H3/t24-,25+. The van der Waals surface area contributed by atoms with E-state index in [2.05, 4.69) is 27.0 Å². The van der Waals surface area contributed by atoms with Crippen molar-refractivity contribution < 1.29 is 18.6 Å². The Hall–Kier alpha value is -4.07. The number of rotatable bonds is 7. The quantitative estimate of drug-likeness (QED) is 0.250. The second-order valence-corrected chi connectivity index (χ2v) is 13.6. The summed E-state index contributed by atoms with van der Waals surface area (Å²) in [6, 6.07) is 7.90. The molecule has 2 bridgehead atoms. The predicted octanol–water partition coefficient (Wildman–Crippen LogP) is 5.79. The summed E-state index contributed by atoms with van der Waals surface area (Å²) >= 11 is 0. The number of phenols is 1. The minimum absolute atomic E-state index is 0.0578. The van der Waals surface area contributed by atoms with E-state index in [1.165, 1.54) is 43.5 Å². The molecule has 1 aliphatic carbocycles.